The average molecular weight is 400 g/mol. The number of carboxylic acid groups (broad SMARTS) is 2. The summed E-state index contributed by atoms with van der Waals surface area (Å²) in [5, 5.41) is 14.8. The first-order valence-corrected chi connectivity index (χ1v) is 4.26. The van der Waals surface area contributed by atoms with Crippen molar-refractivity contribution in [2.24, 2.45) is 5.73 Å². The van der Waals surface area contributed by atoms with Crippen LogP contribution >= 0.6 is 0 Å². The van der Waals surface area contributed by atoms with Gasteiger partial charge in [0.15, 0.2) is 0 Å². The monoisotopic (exact) mass is 400 g/mol. The molecule has 0 aromatic heterocycles. The second-order valence-electron chi connectivity index (χ2n) is 3.01. The third kappa shape index (κ3) is 13.5. The quantitative estimate of drug-likeness (QED) is 0.525. The molecule has 0 aromatic carbocycles. The first kappa shape index (κ1) is 20.0. The van der Waals surface area contributed by atoms with Gasteiger partial charge in [-0.3, -0.25) is 0 Å². The second kappa shape index (κ2) is 11.6. The van der Waals surface area contributed by atoms with E-state index < -0.39 is 11.9 Å². The Morgan fingerprint density at radius 3 is 1.47 bits per heavy atom. The smallest absolute Gasteiger partial charge is 0.414 e. The van der Waals surface area contributed by atoms with Crippen LogP contribution in [0, 0.1) is 0 Å². The summed E-state index contributed by atoms with van der Waals surface area (Å²) in [5.41, 5.74) is 5.63. The Hall–Kier alpha value is -0.452. The summed E-state index contributed by atoms with van der Waals surface area (Å²) in [7, 11) is 0. The van der Waals surface area contributed by atoms with Gasteiger partial charge in [-0.1, -0.05) is 19.3 Å². The first-order valence-electron chi connectivity index (χ1n) is 4.26. The van der Waals surface area contributed by atoms with Gasteiger partial charge < -0.3 is 22.1 Å². The number of hydrogen-bond donors (Lipinski definition) is 3. The fourth-order valence-corrected chi connectivity index (χ4v) is 1.13. The van der Waals surface area contributed by atoms with Gasteiger partial charge >= 0.3 is 11.9 Å². The SMILES string of the molecule is NC1CCCCC1.O=C(O)C(=O)O.[NH2-].[Pt]. The molecule has 1 rings (SSSR count). The third-order valence-corrected chi connectivity index (χ3v) is 1.83. The molecule has 15 heavy (non-hydrogen) atoms. The largest absolute Gasteiger partial charge is 0.693 e. The molecule has 0 spiro atoms. The predicted molar refractivity (Wildman–Crippen MR) is 51.6 cm³/mol. The van der Waals surface area contributed by atoms with Crippen molar-refractivity contribution in [1.29, 1.82) is 0 Å². The molecule has 6 N–H and O–H groups in total. The molecule has 0 heterocycles. The molecule has 1 aliphatic carbocycles. The number of rotatable bonds is 0. The minimum Gasteiger partial charge on any atom is -0.693 e. The van der Waals surface area contributed by atoms with Crippen LogP contribution in [0.2, 0.25) is 0 Å². The topological polar surface area (TPSA) is 134 Å². The number of carboxylic acids is 2. The summed E-state index contributed by atoms with van der Waals surface area (Å²) in [4.78, 5) is 18.2. The summed E-state index contributed by atoms with van der Waals surface area (Å²) < 4.78 is 0. The normalized spacial score (nSPS) is 14.7. The summed E-state index contributed by atoms with van der Waals surface area (Å²) in [6.07, 6.45) is 6.66. The van der Waals surface area contributed by atoms with Crippen molar-refractivity contribution < 1.29 is 40.9 Å². The second-order valence-corrected chi connectivity index (χ2v) is 3.01. The standard InChI is InChI=1S/C6H13N.C2H2O4.H2N.Pt/c7-6-4-2-1-3-5-6;3-1(4)2(5)6;;/h6H,1-5,7H2;(H,3,4)(H,5,6);1H2;/q;;-1;. The van der Waals surface area contributed by atoms with Crippen LogP contribution in [-0.4, -0.2) is 28.2 Å². The predicted octanol–water partition coefficient (Wildman–Crippen LogP) is 1.15. The Labute approximate surface area is 103 Å². The Balaban J connectivity index is -0.000000172. The van der Waals surface area contributed by atoms with Crippen molar-refractivity contribution in [2.75, 3.05) is 0 Å². The van der Waals surface area contributed by atoms with Crippen molar-refractivity contribution >= 4 is 11.9 Å². The molecule has 1 saturated carbocycles. The Kier molecular flexibility index (Phi) is 15.5. The molecule has 1 aliphatic rings. The molecular formula is C8H17N2O4Pt-. The molecule has 0 aromatic rings. The minimum absolute atomic E-state index is 0. The van der Waals surface area contributed by atoms with E-state index in [0.29, 0.717) is 6.04 Å². The number of carbonyl (C=O) groups is 2. The zero-order valence-electron chi connectivity index (χ0n) is 8.29. The van der Waals surface area contributed by atoms with Crippen molar-refractivity contribution in [3.8, 4) is 0 Å². The molecule has 0 radical (unpaired) electrons. The van der Waals surface area contributed by atoms with Gasteiger partial charge in [0.2, 0.25) is 0 Å². The average Bonchev–Trinajstić information content (AvgIpc) is 2.06. The van der Waals surface area contributed by atoms with Gasteiger partial charge in [-0.15, -0.1) is 0 Å². The van der Waals surface area contributed by atoms with E-state index in [0.717, 1.165) is 0 Å². The van der Waals surface area contributed by atoms with Crippen molar-refractivity contribution in [3.63, 3.8) is 0 Å². The molecular weight excluding hydrogens is 383 g/mol. The number of aliphatic carboxylic acids is 2. The maximum atomic E-state index is 9.10. The van der Waals surface area contributed by atoms with Gasteiger partial charge in [-0.2, -0.15) is 0 Å². The van der Waals surface area contributed by atoms with Crippen LogP contribution < -0.4 is 5.73 Å². The van der Waals surface area contributed by atoms with E-state index in [9.17, 15) is 0 Å². The first-order chi connectivity index (χ1) is 6.04. The van der Waals surface area contributed by atoms with Gasteiger partial charge in [0.25, 0.3) is 0 Å². The van der Waals surface area contributed by atoms with Gasteiger partial charge in [0.05, 0.1) is 0 Å². The van der Waals surface area contributed by atoms with Gasteiger partial charge in [0.1, 0.15) is 0 Å². The van der Waals surface area contributed by atoms with E-state index in [2.05, 4.69) is 0 Å². The molecule has 94 valence electrons. The van der Waals surface area contributed by atoms with E-state index >= 15 is 0 Å². The molecule has 0 amide bonds. The number of nitrogens with two attached hydrogens (primary N) is 2. The zero-order chi connectivity index (χ0) is 10.3. The number of hydrogen-bond acceptors (Lipinski definition) is 3. The van der Waals surface area contributed by atoms with Crippen LogP contribution in [0.1, 0.15) is 32.1 Å². The Morgan fingerprint density at radius 1 is 1.00 bits per heavy atom. The summed E-state index contributed by atoms with van der Waals surface area (Å²) >= 11 is 0. The summed E-state index contributed by atoms with van der Waals surface area (Å²) in [6.45, 7) is 0. The molecule has 0 aliphatic heterocycles. The molecule has 0 bridgehead atoms. The molecule has 6 nitrogen and oxygen atoms in total. The Bertz CT molecular complexity index is 171. The molecule has 0 saturated heterocycles. The molecule has 0 atom stereocenters. The van der Waals surface area contributed by atoms with E-state index in [1.807, 2.05) is 0 Å². The Morgan fingerprint density at radius 2 is 1.33 bits per heavy atom. The minimum atomic E-state index is -1.82. The van der Waals surface area contributed by atoms with Crippen LogP contribution in [0.25, 0.3) is 6.15 Å². The van der Waals surface area contributed by atoms with Crippen LogP contribution in [0.15, 0.2) is 0 Å². The van der Waals surface area contributed by atoms with Crippen molar-refractivity contribution in [2.45, 2.75) is 38.1 Å². The van der Waals surface area contributed by atoms with Crippen LogP contribution in [0.5, 0.6) is 0 Å². The van der Waals surface area contributed by atoms with E-state index in [-0.39, 0.29) is 27.2 Å². The third-order valence-electron chi connectivity index (χ3n) is 1.83. The molecule has 0 unspecified atom stereocenters. The van der Waals surface area contributed by atoms with E-state index in [1.54, 1.807) is 0 Å². The van der Waals surface area contributed by atoms with E-state index in [1.165, 1.54) is 32.1 Å². The molecule has 7 heteroatoms. The van der Waals surface area contributed by atoms with Crippen molar-refractivity contribution in [3.05, 3.63) is 6.15 Å². The fraction of sp³-hybridized carbons (Fsp3) is 0.750. The van der Waals surface area contributed by atoms with Crippen molar-refractivity contribution in [1.82, 2.24) is 0 Å². The summed E-state index contributed by atoms with van der Waals surface area (Å²) in [5.74, 6) is -3.65. The van der Waals surface area contributed by atoms with Gasteiger partial charge in [-0.05, 0) is 12.8 Å². The fourth-order valence-electron chi connectivity index (χ4n) is 1.13. The maximum Gasteiger partial charge on any atom is 0.414 e. The van der Waals surface area contributed by atoms with E-state index in [4.69, 9.17) is 25.5 Å². The van der Waals surface area contributed by atoms with Gasteiger partial charge in [-0.25, -0.2) is 9.59 Å². The van der Waals surface area contributed by atoms with Crippen LogP contribution in [0.4, 0.5) is 0 Å². The zero-order valence-corrected chi connectivity index (χ0v) is 10.6. The van der Waals surface area contributed by atoms with Gasteiger partial charge in [0, 0.05) is 27.1 Å². The van der Waals surface area contributed by atoms with Crippen LogP contribution in [-0.2, 0) is 30.7 Å². The summed E-state index contributed by atoms with van der Waals surface area (Å²) in [6, 6.07) is 0.536. The van der Waals surface area contributed by atoms with Crippen LogP contribution in [0.3, 0.4) is 0 Å². The maximum absolute atomic E-state index is 9.10. The molecule has 1 fully saturated rings.